The standard InChI is InChI=1S/C35H38FN3O4S/c1-4-27(3)37-35(41)33(23-28-13-7-5-8-14-28)38(24-29-15-11-12-26(2)22-29)34(40)25-39(31-20-18-30(36)19-21-31)44(42,43)32-16-9-6-10-17-32/h5-22,27,33H,4,23-25H2,1-3H3,(H,37,41). The lowest BCUT2D eigenvalue weighted by atomic mass is 10.0. The minimum absolute atomic E-state index is 0.0160. The van der Waals surface area contributed by atoms with Crippen LogP contribution in [0.4, 0.5) is 10.1 Å². The summed E-state index contributed by atoms with van der Waals surface area (Å²) < 4.78 is 42.7. The van der Waals surface area contributed by atoms with Gasteiger partial charge in [0, 0.05) is 19.0 Å². The minimum Gasteiger partial charge on any atom is -0.352 e. The Kier molecular flexibility index (Phi) is 10.9. The zero-order valence-electron chi connectivity index (χ0n) is 25.2. The second-order valence-electron chi connectivity index (χ2n) is 10.8. The quantitative estimate of drug-likeness (QED) is 0.203. The summed E-state index contributed by atoms with van der Waals surface area (Å²) in [6.07, 6.45) is 0.923. The lowest BCUT2D eigenvalue weighted by Crippen LogP contribution is -2.54. The van der Waals surface area contributed by atoms with Crippen LogP contribution in [0.1, 0.15) is 37.0 Å². The Balaban J connectivity index is 1.80. The Bertz CT molecular complexity index is 1650. The number of carbonyl (C=O) groups excluding carboxylic acids is 2. The van der Waals surface area contributed by atoms with Gasteiger partial charge in [-0.3, -0.25) is 13.9 Å². The molecule has 44 heavy (non-hydrogen) atoms. The highest BCUT2D eigenvalue weighted by Gasteiger charge is 2.35. The van der Waals surface area contributed by atoms with Crippen molar-refractivity contribution in [3.05, 3.63) is 132 Å². The maximum atomic E-state index is 14.4. The van der Waals surface area contributed by atoms with Gasteiger partial charge in [0.05, 0.1) is 10.6 Å². The first-order chi connectivity index (χ1) is 21.1. The third-order valence-electron chi connectivity index (χ3n) is 7.43. The number of sulfonamides is 1. The van der Waals surface area contributed by atoms with E-state index < -0.39 is 34.3 Å². The predicted octanol–water partition coefficient (Wildman–Crippen LogP) is 5.88. The summed E-state index contributed by atoms with van der Waals surface area (Å²) in [7, 11) is -4.24. The fourth-order valence-electron chi connectivity index (χ4n) is 4.86. The molecule has 0 radical (unpaired) electrons. The number of hydrogen-bond acceptors (Lipinski definition) is 4. The summed E-state index contributed by atoms with van der Waals surface area (Å²) in [6, 6.07) is 28.7. The molecular weight excluding hydrogens is 577 g/mol. The maximum Gasteiger partial charge on any atom is 0.264 e. The number of rotatable bonds is 13. The molecule has 0 heterocycles. The van der Waals surface area contributed by atoms with Crippen LogP contribution in [0, 0.1) is 12.7 Å². The van der Waals surface area contributed by atoms with E-state index in [1.54, 1.807) is 18.2 Å². The van der Waals surface area contributed by atoms with Crippen LogP contribution in [0.2, 0.25) is 0 Å². The van der Waals surface area contributed by atoms with Crippen LogP contribution in [0.3, 0.4) is 0 Å². The van der Waals surface area contributed by atoms with E-state index in [-0.39, 0.29) is 35.5 Å². The molecule has 0 saturated heterocycles. The van der Waals surface area contributed by atoms with Crippen molar-refractivity contribution in [2.24, 2.45) is 0 Å². The van der Waals surface area contributed by atoms with Gasteiger partial charge in [-0.25, -0.2) is 12.8 Å². The van der Waals surface area contributed by atoms with Crippen molar-refractivity contribution < 1.29 is 22.4 Å². The third kappa shape index (κ3) is 8.32. The van der Waals surface area contributed by atoms with E-state index in [9.17, 15) is 22.4 Å². The van der Waals surface area contributed by atoms with Gasteiger partial charge in [-0.1, -0.05) is 85.3 Å². The third-order valence-corrected chi connectivity index (χ3v) is 9.22. The van der Waals surface area contributed by atoms with E-state index >= 15 is 0 Å². The van der Waals surface area contributed by atoms with Crippen LogP contribution in [0.25, 0.3) is 0 Å². The molecule has 4 rings (SSSR count). The molecular formula is C35H38FN3O4S. The number of carbonyl (C=O) groups is 2. The van der Waals surface area contributed by atoms with Crippen LogP contribution in [0.15, 0.2) is 114 Å². The van der Waals surface area contributed by atoms with Crippen molar-refractivity contribution >= 4 is 27.5 Å². The number of nitrogens with zero attached hydrogens (tertiary/aromatic N) is 2. The largest absolute Gasteiger partial charge is 0.352 e. The van der Waals surface area contributed by atoms with Crippen LogP contribution in [-0.2, 0) is 32.6 Å². The molecule has 0 spiro atoms. The molecule has 9 heteroatoms. The summed E-state index contributed by atoms with van der Waals surface area (Å²) in [5.74, 6) is -1.44. The smallest absolute Gasteiger partial charge is 0.264 e. The number of nitrogens with one attached hydrogen (secondary N) is 1. The second-order valence-corrected chi connectivity index (χ2v) is 12.7. The van der Waals surface area contributed by atoms with Crippen LogP contribution >= 0.6 is 0 Å². The summed E-state index contributed by atoms with van der Waals surface area (Å²) >= 11 is 0. The van der Waals surface area contributed by atoms with Gasteiger partial charge in [-0.2, -0.15) is 0 Å². The first-order valence-electron chi connectivity index (χ1n) is 14.6. The molecule has 0 bridgehead atoms. The summed E-state index contributed by atoms with van der Waals surface area (Å²) in [5.41, 5.74) is 2.76. The molecule has 4 aromatic carbocycles. The normalized spacial score (nSPS) is 12.6. The Labute approximate surface area is 259 Å². The number of hydrogen-bond donors (Lipinski definition) is 1. The van der Waals surface area contributed by atoms with Crippen molar-refractivity contribution in [1.29, 1.82) is 0 Å². The molecule has 230 valence electrons. The van der Waals surface area contributed by atoms with E-state index in [2.05, 4.69) is 5.32 Å². The molecule has 7 nitrogen and oxygen atoms in total. The van der Waals surface area contributed by atoms with E-state index in [4.69, 9.17) is 0 Å². The number of benzene rings is 4. The van der Waals surface area contributed by atoms with Crippen molar-refractivity contribution in [2.75, 3.05) is 10.8 Å². The van der Waals surface area contributed by atoms with Gasteiger partial charge in [0.15, 0.2) is 0 Å². The summed E-state index contributed by atoms with van der Waals surface area (Å²) in [4.78, 5) is 29.7. The Morgan fingerprint density at radius 1 is 0.841 bits per heavy atom. The van der Waals surface area contributed by atoms with Gasteiger partial charge in [-0.15, -0.1) is 0 Å². The van der Waals surface area contributed by atoms with Gasteiger partial charge < -0.3 is 10.2 Å². The van der Waals surface area contributed by atoms with Crippen LogP contribution in [0.5, 0.6) is 0 Å². The summed E-state index contributed by atoms with van der Waals surface area (Å²) in [6.45, 7) is 5.27. The van der Waals surface area contributed by atoms with Crippen molar-refractivity contribution in [1.82, 2.24) is 10.2 Å². The van der Waals surface area contributed by atoms with Gasteiger partial charge in [0.25, 0.3) is 10.0 Å². The average molecular weight is 616 g/mol. The lowest BCUT2D eigenvalue weighted by Gasteiger charge is -2.34. The van der Waals surface area contributed by atoms with E-state index in [1.807, 2.05) is 75.4 Å². The highest BCUT2D eigenvalue weighted by atomic mass is 32.2. The first-order valence-corrected chi connectivity index (χ1v) is 16.0. The fraction of sp³-hybridized carbons (Fsp3) is 0.257. The molecule has 0 aliphatic rings. The van der Waals surface area contributed by atoms with Crippen LogP contribution in [-0.4, -0.2) is 43.8 Å². The Morgan fingerprint density at radius 2 is 1.45 bits per heavy atom. The molecule has 0 aromatic heterocycles. The maximum absolute atomic E-state index is 14.4. The Morgan fingerprint density at radius 3 is 2.07 bits per heavy atom. The van der Waals surface area contributed by atoms with Crippen molar-refractivity contribution in [2.45, 2.75) is 57.1 Å². The Hall–Kier alpha value is -4.50. The van der Waals surface area contributed by atoms with Gasteiger partial charge >= 0.3 is 0 Å². The predicted molar refractivity (Wildman–Crippen MR) is 171 cm³/mol. The first kappa shape index (κ1) is 32.4. The average Bonchev–Trinajstić information content (AvgIpc) is 3.02. The lowest BCUT2D eigenvalue weighted by molar-refractivity contribution is -0.140. The number of anilines is 1. The van der Waals surface area contributed by atoms with Crippen molar-refractivity contribution in [3.8, 4) is 0 Å². The number of halogens is 1. The zero-order valence-corrected chi connectivity index (χ0v) is 26.0. The van der Waals surface area contributed by atoms with Crippen molar-refractivity contribution in [3.63, 3.8) is 0 Å². The fourth-order valence-corrected chi connectivity index (χ4v) is 6.29. The van der Waals surface area contributed by atoms with Crippen LogP contribution < -0.4 is 9.62 Å². The molecule has 2 amide bonds. The van der Waals surface area contributed by atoms with Gasteiger partial charge in [0.2, 0.25) is 11.8 Å². The monoisotopic (exact) mass is 615 g/mol. The molecule has 1 N–H and O–H groups in total. The van der Waals surface area contributed by atoms with E-state index in [0.29, 0.717) is 6.42 Å². The topological polar surface area (TPSA) is 86.8 Å². The number of amides is 2. The second kappa shape index (κ2) is 14.8. The highest BCUT2D eigenvalue weighted by Crippen LogP contribution is 2.25. The molecule has 0 aliphatic heterocycles. The molecule has 2 unspecified atom stereocenters. The minimum atomic E-state index is -4.24. The van der Waals surface area contributed by atoms with Gasteiger partial charge in [-0.05, 0) is 67.8 Å². The van der Waals surface area contributed by atoms with Gasteiger partial charge in [0.1, 0.15) is 18.4 Å². The zero-order chi connectivity index (χ0) is 31.7. The molecule has 0 fully saturated rings. The molecule has 2 atom stereocenters. The number of aryl methyl sites for hydroxylation is 1. The molecule has 0 saturated carbocycles. The summed E-state index contributed by atoms with van der Waals surface area (Å²) in [5, 5.41) is 3.02. The van der Waals surface area contributed by atoms with E-state index in [0.717, 1.165) is 33.1 Å². The van der Waals surface area contributed by atoms with E-state index in [1.165, 1.54) is 29.2 Å². The molecule has 4 aromatic rings. The SMILES string of the molecule is CCC(C)NC(=O)C(Cc1ccccc1)N(Cc1cccc(C)c1)C(=O)CN(c1ccc(F)cc1)S(=O)(=O)c1ccccc1. The molecule has 0 aliphatic carbocycles. The highest BCUT2D eigenvalue weighted by molar-refractivity contribution is 7.92.